The number of carbonyl (C=O) groups is 1. The van der Waals surface area contributed by atoms with Gasteiger partial charge >= 0.3 is 5.97 Å². The van der Waals surface area contributed by atoms with Gasteiger partial charge in [-0.2, -0.15) is 0 Å². The zero-order valence-electron chi connectivity index (χ0n) is 9.30. The number of benzene rings is 1. The van der Waals surface area contributed by atoms with Gasteiger partial charge in [0.2, 0.25) is 0 Å². The predicted molar refractivity (Wildman–Crippen MR) is 64.1 cm³/mol. The van der Waals surface area contributed by atoms with Gasteiger partial charge in [-0.3, -0.25) is 9.78 Å². The van der Waals surface area contributed by atoms with Crippen LogP contribution in [-0.4, -0.2) is 22.7 Å². The number of hydrogen-bond donors (Lipinski definition) is 1. The highest BCUT2D eigenvalue weighted by atomic mass is 16.5. The summed E-state index contributed by atoms with van der Waals surface area (Å²) in [5, 5.41) is 9.47. The molecule has 0 atom stereocenters. The van der Waals surface area contributed by atoms with Gasteiger partial charge in [0.1, 0.15) is 5.75 Å². The SMILES string of the molecule is O=C(O)CCCOc1cccc2ncccc12. The molecule has 1 aromatic heterocycles. The molecule has 4 nitrogen and oxygen atoms in total. The zero-order chi connectivity index (χ0) is 12.1. The van der Waals surface area contributed by atoms with Crippen LogP contribution in [-0.2, 0) is 4.79 Å². The van der Waals surface area contributed by atoms with Crippen molar-refractivity contribution in [1.29, 1.82) is 0 Å². The minimum atomic E-state index is -0.798. The highest BCUT2D eigenvalue weighted by Gasteiger charge is 2.02. The molecule has 0 radical (unpaired) electrons. The number of carboxylic acids is 1. The molecule has 0 aliphatic heterocycles. The molecule has 0 aliphatic carbocycles. The number of nitrogens with zero attached hydrogens (tertiary/aromatic N) is 1. The summed E-state index contributed by atoms with van der Waals surface area (Å²) in [4.78, 5) is 14.6. The first-order valence-electron chi connectivity index (χ1n) is 5.46. The topological polar surface area (TPSA) is 59.4 Å². The van der Waals surface area contributed by atoms with E-state index in [4.69, 9.17) is 9.84 Å². The number of pyridine rings is 1. The molecule has 4 heteroatoms. The number of rotatable bonds is 5. The lowest BCUT2D eigenvalue weighted by Gasteiger charge is -2.07. The molecule has 1 N–H and O–H groups in total. The van der Waals surface area contributed by atoms with Crippen LogP contribution < -0.4 is 4.74 Å². The van der Waals surface area contributed by atoms with Crippen molar-refractivity contribution in [2.75, 3.05) is 6.61 Å². The minimum absolute atomic E-state index is 0.128. The van der Waals surface area contributed by atoms with Gasteiger partial charge in [-0.1, -0.05) is 6.07 Å². The molecule has 2 rings (SSSR count). The lowest BCUT2D eigenvalue weighted by molar-refractivity contribution is -0.137. The van der Waals surface area contributed by atoms with Gasteiger partial charge in [0.25, 0.3) is 0 Å². The first-order chi connectivity index (χ1) is 8.27. The van der Waals surface area contributed by atoms with E-state index in [0.29, 0.717) is 13.0 Å². The number of aliphatic carboxylic acids is 1. The molecule has 0 aliphatic rings. The maximum absolute atomic E-state index is 10.4. The monoisotopic (exact) mass is 231 g/mol. The van der Waals surface area contributed by atoms with E-state index < -0.39 is 5.97 Å². The molecule has 0 bridgehead atoms. The van der Waals surface area contributed by atoms with Crippen molar-refractivity contribution in [2.45, 2.75) is 12.8 Å². The number of ether oxygens (including phenoxy) is 1. The second-order valence-electron chi connectivity index (χ2n) is 3.67. The lowest BCUT2D eigenvalue weighted by atomic mass is 10.2. The van der Waals surface area contributed by atoms with Gasteiger partial charge in [0.05, 0.1) is 12.1 Å². The summed E-state index contributed by atoms with van der Waals surface area (Å²) >= 11 is 0. The van der Waals surface area contributed by atoms with E-state index in [1.54, 1.807) is 6.20 Å². The summed E-state index contributed by atoms with van der Waals surface area (Å²) in [7, 11) is 0. The third kappa shape index (κ3) is 2.93. The summed E-state index contributed by atoms with van der Waals surface area (Å²) in [5.74, 6) is -0.0471. The van der Waals surface area contributed by atoms with Crippen molar-refractivity contribution >= 4 is 16.9 Å². The number of aromatic nitrogens is 1. The molecule has 0 amide bonds. The average Bonchev–Trinajstić information content (AvgIpc) is 2.34. The maximum atomic E-state index is 10.4. The minimum Gasteiger partial charge on any atom is -0.493 e. The smallest absolute Gasteiger partial charge is 0.303 e. The van der Waals surface area contributed by atoms with E-state index in [2.05, 4.69) is 4.98 Å². The Morgan fingerprint density at radius 1 is 1.29 bits per heavy atom. The fourth-order valence-corrected chi connectivity index (χ4v) is 1.61. The van der Waals surface area contributed by atoms with E-state index in [0.717, 1.165) is 16.7 Å². The Morgan fingerprint density at radius 2 is 2.18 bits per heavy atom. The highest BCUT2D eigenvalue weighted by molar-refractivity contribution is 5.84. The Kier molecular flexibility index (Phi) is 3.55. The van der Waals surface area contributed by atoms with E-state index in [-0.39, 0.29) is 6.42 Å². The van der Waals surface area contributed by atoms with Crippen LogP contribution in [0.25, 0.3) is 10.9 Å². The average molecular weight is 231 g/mol. The lowest BCUT2D eigenvalue weighted by Crippen LogP contribution is -2.02. The number of carboxylic acid groups (broad SMARTS) is 1. The second kappa shape index (κ2) is 5.30. The number of fused-ring (bicyclic) bond motifs is 1. The molecule has 17 heavy (non-hydrogen) atoms. The van der Waals surface area contributed by atoms with Crippen LogP contribution in [0.2, 0.25) is 0 Å². The molecule has 1 aromatic carbocycles. The van der Waals surface area contributed by atoms with Gasteiger partial charge in [0.15, 0.2) is 0 Å². The largest absolute Gasteiger partial charge is 0.493 e. The molecule has 0 fully saturated rings. The van der Waals surface area contributed by atoms with Crippen LogP contribution in [0.5, 0.6) is 5.75 Å². The zero-order valence-corrected chi connectivity index (χ0v) is 9.30. The Morgan fingerprint density at radius 3 is 3.00 bits per heavy atom. The highest BCUT2D eigenvalue weighted by Crippen LogP contribution is 2.23. The van der Waals surface area contributed by atoms with E-state index >= 15 is 0 Å². The number of hydrogen-bond acceptors (Lipinski definition) is 3. The Labute approximate surface area is 98.9 Å². The van der Waals surface area contributed by atoms with E-state index in [1.165, 1.54) is 0 Å². The third-order valence-corrected chi connectivity index (χ3v) is 2.40. The molecule has 2 aromatic rings. The first-order valence-corrected chi connectivity index (χ1v) is 5.46. The molecule has 1 heterocycles. The quantitative estimate of drug-likeness (QED) is 0.803. The van der Waals surface area contributed by atoms with E-state index in [9.17, 15) is 4.79 Å². The van der Waals surface area contributed by atoms with Gasteiger partial charge in [-0.15, -0.1) is 0 Å². The molecule has 0 saturated carbocycles. The first kappa shape index (κ1) is 11.4. The van der Waals surface area contributed by atoms with Crippen LogP contribution in [0.4, 0.5) is 0 Å². The van der Waals surface area contributed by atoms with Crippen LogP contribution in [0.15, 0.2) is 36.5 Å². The molecular weight excluding hydrogens is 218 g/mol. The summed E-state index contributed by atoms with van der Waals surface area (Å²) in [5.41, 5.74) is 0.878. The van der Waals surface area contributed by atoms with Gasteiger partial charge < -0.3 is 9.84 Å². The summed E-state index contributed by atoms with van der Waals surface area (Å²) < 4.78 is 5.57. The fraction of sp³-hybridized carbons (Fsp3) is 0.231. The molecular formula is C13H13NO3. The second-order valence-corrected chi connectivity index (χ2v) is 3.67. The van der Waals surface area contributed by atoms with Crippen molar-refractivity contribution in [2.24, 2.45) is 0 Å². The maximum Gasteiger partial charge on any atom is 0.303 e. The Balaban J connectivity index is 2.05. The Bertz CT molecular complexity index is 520. The van der Waals surface area contributed by atoms with Crippen LogP contribution in [0.1, 0.15) is 12.8 Å². The van der Waals surface area contributed by atoms with Crippen LogP contribution >= 0.6 is 0 Å². The van der Waals surface area contributed by atoms with Crippen molar-refractivity contribution in [3.63, 3.8) is 0 Å². The van der Waals surface area contributed by atoms with Crippen molar-refractivity contribution < 1.29 is 14.6 Å². The van der Waals surface area contributed by atoms with Crippen molar-refractivity contribution in [3.8, 4) is 5.75 Å². The van der Waals surface area contributed by atoms with Gasteiger partial charge in [-0.25, -0.2) is 0 Å². The summed E-state index contributed by atoms with van der Waals surface area (Å²) in [6.45, 7) is 0.403. The molecule has 0 unspecified atom stereocenters. The molecule has 0 spiro atoms. The van der Waals surface area contributed by atoms with Crippen LogP contribution in [0.3, 0.4) is 0 Å². The standard InChI is InChI=1S/C13H13NO3/c15-13(16)7-3-9-17-12-6-1-5-11-10(12)4-2-8-14-11/h1-2,4-6,8H,3,7,9H2,(H,15,16). The summed E-state index contributed by atoms with van der Waals surface area (Å²) in [6, 6.07) is 9.45. The van der Waals surface area contributed by atoms with Gasteiger partial charge in [-0.05, 0) is 30.7 Å². The Hall–Kier alpha value is -2.10. The predicted octanol–water partition coefficient (Wildman–Crippen LogP) is 2.48. The molecule has 0 saturated heterocycles. The third-order valence-electron chi connectivity index (χ3n) is 2.40. The normalized spacial score (nSPS) is 10.4. The van der Waals surface area contributed by atoms with Crippen molar-refractivity contribution in [3.05, 3.63) is 36.5 Å². The molecule has 88 valence electrons. The fourth-order valence-electron chi connectivity index (χ4n) is 1.61. The van der Waals surface area contributed by atoms with Gasteiger partial charge in [0, 0.05) is 18.0 Å². The van der Waals surface area contributed by atoms with E-state index in [1.807, 2.05) is 30.3 Å². The summed E-state index contributed by atoms with van der Waals surface area (Å²) in [6.07, 6.45) is 2.37. The van der Waals surface area contributed by atoms with Crippen LogP contribution in [0, 0.1) is 0 Å². The van der Waals surface area contributed by atoms with Crippen molar-refractivity contribution in [1.82, 2.24) is 4.98 Å².